The number of hydrogen-bond donors (Lipinski definition) is 1. The van der Waals surface area contributed by atoms with Gasteiger partial charge >= 0.3 is 5.97 Å². The molecule has 1 N–H and O–H groups in total. The van der Waals surface area contributed by atoms with Crippen molar-refractivity contribution < 1.29 is 14.6 Å². The van der Waals surface area contributed by atoms with Gasteiger partial charge in [0.15, 0.2) is 6.10 Å². The third-order valence-corrected chi connectivity index (χ3v) is 1.31. The first-order chi connectivity index (χ1) is 5.70. The Balaban J connectivity index is 2.58. The molecule has 1 aromatic rings. The van der Waals surface area contributed by atoms with Crippen molar-refractivity contribution in [2.24, 2.45) is 0 Å². The quantitative estimate of drug-likeness (QED) is 0.727. The molecule has 1 heterocycles. The van der Waals surface area contributed by atoms with Crippen molar-refractivity contribution in [3.05, 3.63) is 24.5 Å². The SMILES string of the molecule is CC(Oc1ccncc1)C(=O)O. The molecule has 4 heteroatoms. The maximum absolute atomic E-state index is 10.4. The molecule has 12 heavy (non-hydrogen) atoms. The molecule has 4 nitrogen and oxygen atoms in total. The maximum atomic E-state index is 10.4. The van der Waals surface area contributed by atoms with Crippen molar-refractivity contribution in [3.63, 3.8) is 0 Å². The molecule has 0 radical (unpaired) electrons. The first-order valence-electron chi connectivity index (χ1n) is 3.49. The fraction of sp³-hybridized carbons (Fsp3) is 0.250. The molecule has 0 spiro atoms. The smallest absolute Gasteiger partial charge is 0.344 e. The first kappa shape index (κ1) is 8.52. The first-order valence-corrected chi connectivity index (χ1v) is 3.49. The Bertz CT molecular complexity index is 260. The van der Waals surface area contributed by atoms with Crippen LogP contribution in [0.15, 0.2) is 24.5 Å². The van der Waals surface area contributed by atoms with E-state index >= 15 is 0 Å². The second-order valence-corrected chi connectivity index (χ2v) is 2.28. The summed E-state index contributed by atoms with van der Waals surface area (Å²) in [6, 6.07) is 3.22. The van der Waals surface area contributed by atoms with E-state index in [9.17, 15) is 4.79 Å². The van der Waals surface area contributed by atoms with Gasteiger partial charge in [-0.25, -0.2) is 4.79 Å². The van der Waals surface area contributed by atoms with Crippen LogP contribution in [0.5, 0.6) is 5.75 Å². The number of rotatable bonds is 3. The molecular formula is C8H9NO3. The van der Waals surface area contributed by atoms with Gasteiger partial charge in [0, 0.05) is 12.4 Å². The predicted molar refractivity (Wildman–Crippen MR) is 42.0 cm³/mol. The van der Waals surface area contributed by atoms with E-state index in [-0.39, 0.29) is 0 Å². The Kier molecular flexibility index (Phi) is 2.63. The maximum Gasteiger partial charge on any atom is 0.344 e. The van der Waals surface area contributed by atoms with E-state index in [4.69, 9.17) is 9.84 Å². The fourth-order valence-corrected chi connectivity index (χ4v) is 0.671. The summed E-state index contributed by atoms with van der Waals surface area (Å²) in [4.78, 5) is 14.1. The molecule has 0 aliphatic heterocycles. The molecule has 0 amide bonds. The van der Waals surface area contributed by atoms with E-state index in [1.54, 1.807) is 24.5 Å². The van der Waals surface area contributed by atoms with Gasteiger partial charge in [-0.1, -0.05) is 0 Å². The topological polar surface area (TPSA) is 59.4 Å². The van der Waals surface area contributed by atoms with Crippen LogP contribution in [0.2, 0.25) is 0 Å². The van der Waals surface area contributed by atoms with Gasteiger partial charge < -0.3 is 9.84 Å². The van der Waals surface area contributed by atoms with Crippen LogP contribution in [-0.4, -0.2) is 22.2 Å². The average molecular weight is 167 g/mol. The van der Waals surface area contributed by atoms with Gasteiger partial charge in [0.05, 0.1) is 0 Å². The number of carboxylic acids is 1. The van der Waals surface area contributed by atoms with Gasteiger partial charge in [-0.05, 0) is 19.1 Å². The van der Waals surface area contributed by atoms with E-state index in [2.05, 4.69) is 4.98 Å². The number of hydrogen-bond acceptors (Lipinski definition) is 3. The van der Waals surface area contributed by atoms with Crippen LogP contribution < -0.4 is 4.74 Å². The van der Waals surface area contributed by atoms with Gasteiger partial charge in [0.1, 0.15) is 5.75 Å². The largest absolute Gasteiger partial charge is 0.479 e. The number of pyridine rings is 1. The number of nitrogens with zero attached hydrogens (tertiary/aromatic N) is 1. The summed E-state index contributed by atoms with van der Waals surface area (Å²) in [6.45, 7) is 1.47. The third kappa shape index (κ3) is 2.23. The summed E-state index contributed by atoms with van der Waals surface area (Å²) in [5.74, 6) is -0.466. The highest BCUT2D eigenvalue weighted by Crippen LogP contribution is 2.08. The lowest BCUT2D eigenvalue weighted by Gasteiger charge is -2.08. The molecule has 0 bridgehead atoms. The van der Waals surface area contributed by atoms with Crippen molar-refractivity contribution in [2.45, 2.75) is 13.0 Å². The van der Waals surface area contributed by atoms with Crippen LogP contribution in [0, 0.1) is 0 Å². The van der Waals surface area contributed by atoms with Crippen LogP contribution in [0.4, 0.5) is 0 Å². The Hall–Kier alpha value is -1.58. The molecular weight excluding hydrogens is 158 g/mol. The minimum absolute atomic E-state index is 0.514. The third-order valence-electron chi connectivity index (χ3n) is 1.31. The van der Waals surface area contributed by atoms with Crippen molar-refractivity contribution >= 4 is 5.97 Å². The highest BCUT2D eigenvalue weighted by atomic mass is 16.5. The Morgan fingerprint density at radius 2 is 2.17 bits per heavy atom. The molecule has 0 fully saturated rings. The second-order valence-electron chi connectivity index (χ2n) is 2.28. The summed E-state index contributed by atoms with van der Waals surface area (Å²) in [6.07, 6.45) is 2.26. The van der Waals surface area contributed by atoms with Crippen molar-refractivity contribution in [1.29, 1.82) is 0 Å². The fourth-order valence-electron chi connectivity index (χ4n) is 0.671. The molecule has 0 saturated carbocycles. The van der Waals surface area contributed by atoms with Crippen molar-refractivity contribution in [3.8, 4) is 5.75 Å². The number of aromatic nitrogens is 1. The van der Waals surface area contributed by atoms with E-state index in [0.717, 1.165) is 0 Å². The monoisotopic (exact) mass is 167 g/mol. The number of ether oxygens (including phenoxy) is 1. The highest BCUT2D eigenvalue weighted by molar-refractivity contribution is 5.72. The van der Waals surface area contributed by atoms with Crippen LogP contribution in [-0.2, 0) is 4.79 Å². The second kappa shape index (κ2) is 3.71. The summed E-state index contributed by atoms with van der Waals surface area (Å²) in [5, 5.41) is 8.50. The number of carbonyl (C=O) groups is 1. The van der Waals surface area contributed by atoms with Crippen molar-refractivity contribution in [2.75, 3.05) is 0 Å². The number of aliphatic carboxylic acids is 1. The van der Waals surface area contributed by atoms with Gasteiger partial charge in [-0.3, -0.25) is 4.98 Å². The minimum atomic E-state index is -0.980. The average Bonchev–Trinajstić information content (AvgIpc) is 2.06. The Morgan fingerprint density at radius 1 is 1.58 bits per heavy atom. The minimum Gasteiger partial charge on any atom is -0.479 e. The lowest BCUT2D eigenvalue weighted by molar-refractivity contribution is -0.144. The predicted octanol–water partition coefficient (Wildman–Crippen LogP) is 0.933. The van der Waals surface area contributed by atoms with Crippen molar-refractivity contribution in [1.82, 2.24) is 4.98 Å². The van der Waals surface area contributed by atoms with Gasteiger partial charge in [0.2, 0.25) is 0 Å². The zero-order chi connectivity index (χ0) is 8.97. The van der Waals surface area contributed by atoms with Gasteiger partial charge in [-0.15, -0.1) is 0 Å². The zero-order valence-corrected chi connectivity index (χ0v) is 6.60. The lowest BCUT2D eigenvalue weighted by Crippen LogP contribution is -2.22. The zero-order valence-electron chi connectivity index (χ0n) is 6.60. The molecule has 1 rings (SSSR count). The molecule has 0 aliphatic rings. The molecule has 1 aromatic heterocycles. The summed E-state index contributed by atoms with van der Waals surface area (Å²) in [7, 11) is 0. The van der Waals surface area contributed by atoms with Crippen LogP contribution >= 0.6 is 0 Å². The van der Waals surface area contributed by atoms with E-state index in [0.29, 0.717) is 5.75 Å². The van der Waals surface area contributed by atoms with Crippen LogP contribution in [0.3, 0.4) is 0 Å². The summed E-state index contributed by atoms with van der Waals surface area (Å²) in [5.41, 5.74) is 0. The molecule has 0 saturated heterocycles. The van der Waals surface area contributed by atoms with Crippen LogP contribution in [0.25, 0.3) is 0 Å². The molecule has 0 aromatic carbocycles. The molecule has 64 valence electrons. The van der Waals surface area contributed by atoms with E-state index < -0.39 is 12.1 Å². The Morgan fingerprint density at radius 3 is 2.67 bits per heavy atom. The highest BCUT2D eigenvalue weighted by Gasteiger charge is 2.11. The molecule has 0 aliphatic carbocycles. The van der Waals surface area contributed by atoms with Gasteiger partial charge in [-0.2, -0.15) is 0 Å². The molecule has 1 atom stereocenters. The summed E-state index contributed by atoms with van der Waals surface area (Å²) >= 11 is 0. The van der Waals surface area contributed by atoms with Crippen LogP contribution in [0.1, 0.15) is 6.92 Å². The lowest BCUT2D eigenvalue weighted by atomic mass is 10.4. The van der Waals surface area contributed by atoms with Gasteiger partial charge in [0.25, 0.3) is 0 Å². The Labute approximate surface area is 69.8 Å². The number of carboxylic acid groups (broad SMARTS) is 1. The normalized spacial score (nSPS) is 12.1. The summed E-state index contributed by atoms with van der Waals surface area (Å²) < 4.78 is 5.04. The van der Waals surface area contributed by atoms with E-state index in [1.807, 2.05) is 0 Å². The molecule has 1 unspecified atom stereocenters. The van der Waals surface area contributed by atoms with E-state index in [1.165, 1.54) is 6.92 Å². The standard InChI is InChI=1S/C8H9NO3/c1-6(8(10)11)12-7-2-4-9-5-3-7/h2-6H,1H3,(H,10,11).